The van der Waals surface area contributed by atoms with E-state index in [1.165, 1.54) is 16.9 Å². The van der Waals surface area contributed by atoms with Gasteiger partial charge in [-0.25, -0.2) is 9.78 Å². The number of benzene rings is 1. The maximum absolute atomic E-state index is 12.2. The topological polar surface area (TPSA) is 54.5 Å². The fourth-order valence-electron chi connectivity index (χ4n) is 2.65. The molecule has 0 bridgehead atoms. The molecule has 2 heterocycles. The van der Waals surface area contributed by atoms with Crippen molar-refractivity contribution in [3.8, 4) is 0 Å². The summed E-state index contributed by atoms with van der Waals surface area (Å²) >= 11 is 1.54. The molecule has 0 radical (unpaired) electrons. The standard InChI is InChI=1S/C17H21N3O2S/c21-17(18-10-15-12-23-13-19-15)20-8-9-22-16(11-20)7-6-14-4-2-1-3-5-14/h1-5,12-13,16H,6-11H2,(H,18,21). The normalized spacial score (nSPS) is 17.9. The highest BCUT2D eigenvalue weighted by Crippen LogP contribution is 2.13. The van der Waals surface area contributed by atoms with Crippen molar-refractivity contribution >= 4 is 17.4 Å². The number of nitrogens with zero attached hydrogens (tertiary/aromatic N) is 2. The van der Waals surface area contributed by atoms with Crippen LogP contribution >= 0.6 is 11.3 Å². The van der Waals surface area contributed by atoms with E-state index >= 15 is 0 Å². The van der Waals surface area contributed by atoms with Crippen molar-refractivity contribution in [2.45, 2.75) is 25.5 Å². The van der Waals surface area contributed by atoms with E-state index in [4.69, 9.17) is 4.74 Å². The van der Waals surface area contributed by atoms with Crippen LogP contribution in [0.3, 0.4) is 0 Å². The lowest BCUT2D eigenvalue weighted by Crippen LogP contribution is -2.49. The minimum Gasteiger partial charge on any atom is -0.375 e. The Hall–Kier alpha value is -1.92. The van der Waals surface area contributed by atoms with Crippen molar-refractivity contribution < 1.29 is 9.53 Å². The molecular weight excluding hydrogens is 310 g/mol. The van der Waals surface area contributed by atoms with Gasteiger partial charge in [-0.05, 0) is 18.4 Å². The van der Waals surface area contributed by atoms with Crippen LogP contribution in [0.2, 0.25) is 0 Å². The molecule has 1 N–H and O–H groups in total. The number of morpholine rings is 1. The van der Waals surface area contributed by atoms with Gasteiger partial charge in [-0.1, -0.05) is 30.3 Å². The number of hydrogen-bond donors (Lipinski definition) is 1. The summed E-state index contributed by atoms with van der Waals surface area (Å²) in [6.45, 7) is 2.37. The molecule has 0 aliphatic carbocycles. The van der Waals surface area contributed by atoms with Crippen molar-refractivity contribution in [2.75, 3.05) is 19.7 Å². The number of aromatic nitrogens is 1. The molecule has 2 aromatic rings. The second kappa shape index (κ2) is 8.08. The van der Waals surface area contributed by atoms with Gasteiger partial charge in [0.25, 0.3) is 0 Å². The van der Waals surface area contributed by atoms with E-state index in [0.717, 1.165) is 18.5 Å². The van der Waals surface area contributed by atoms with Gasteiger partial charge in [-0.2, -0.15) is 0 Å². The third-order valence-corrected chi connectivity index (χ3v) is 4.56. The number of hydrogen-bond acceptors (Lipinski definition) is 4. The molecule has 2 amide bonds. The molecule has 1 aliphatic rings. The Kier molecular flexibility index (Phi) is 5.60. The summed E-state index contributed by atoms with van der Waals surface area (Å²) in [5.41, 5.74) is 3.98. The average molecular weight is 331 g/mol. The smallest absolute Gasteiger partial charge is 0.317 e. The summed E-state index contributed by atoms with van der Waals surface area (Å²) in [6, 6.07) is 10.3. The van der Waals surface area contributed by atoms with Crippen LogP contribution in [-0.2, 0) is 17.7 Å². The Morgan fingerprint density at radius 2 is 2.26 bits per heavy atom. The maximum atomic E-state index is 12.2. The highest BCUT2D eigenvalue weighted by atomic mass is 32.1. The number of urea groups is 1. The number of thiazole rings is 1. The molecule has 1 aliphatic heterocycles. The predicted molar refractivity (Wildman–Crippen MR) is 90.4 cm³/mol. The monoisotopic (exact) mass is 331 g/mol. The van der Waals surface area contributed by atoms with Gasteiger partial charge >= 0.3 is 6.03 Å². The highest BCUT2D eigenvalue weighted by Gasteiger charge is 2.23. The summed E-state index contributed by atoms with van der Waals surface area (Å²) in [4.78, 5) is 18.3. The first-order chi connectivity index (χ1) is 11.3. The molecule has 1 saturated heterocycles. The highest BCUT2D eigenvalue weighted by molar-refractivity contribution is 7.07. The molecule has 0 spiro atoms. The molecule has 1 fully saturated rings. The fraction of sp³-hybridized carbons (Fsp3) is 0.412. The molecule has 1 atom stereocenters. The molecule has 1 aromatic heterocycles. The summed E-state index contributed by atoms with van der Waals surface area (Å²) < 4.78 is 5.80. The van der Waals surface area contributed by atoms with E-state index in [0.29, 0.717) is 26.2 Å². The summed E-state index contributed by atoms with van der Waals surface area (Å²) in [7, 11) is 0. The lowest BCUT2D eigenvalue weighted by atomic mass is 10.1. The Morgan fingerprint density at radius 1 is 1.39 bits per heavy atom. The van der Waals surface area contributed by atoms with Gasteiger partial charge in [0, 0.05) is 18.5 Å². The zero-order chi connectivity index (χ0) is 15.9. The summed E-state index contributed by atoms with van der Waals surface area (Å²) in [6.07, 6.45) is 2.01. The van der Waals surface area contributed by atoms with Crippen LogP contribution in [-0.4, -0.2) is 41.7 Å². The first-order valence-corrected chi connectivity index (χ1v) is 8.81. The van der Waals surface area contributed by atoms with Gasteiger partial charge in [0.1, 0.15) is 0 Å². The minimum absolute atomic E-state index is 0.0361. The fourth-order valence-corrected chi connectivity index (χ4v) is 3.21. The van der Waals surface area contributed by atoms with Gasteiger partial charge in [0.15, 0.2) is 0 Å². The van der Waals surface area contributed by atoms with E-state index in [2.05, 4.69) is 34.6 Å². The Bertz CT molecular complexity index is 604. The molecule has 5 nitrogen and oxygen atoms in total. The third kappa shape index (κ3) is 4.77. The molecule has 23 heavy (non-hydrogen) atoms. The van der Waals surface area contributed by atoms with Gasteiger partial charge in [-0.3, -0.25) is 0 Å². The minimum atomic E-state index is -0.0361. The summed E-state index contributed by atoms with van der Waals surface area (Å²) in [5, 5.41) is 4.87. The lowest BCUT2D eigenvalue weighted by molar-refractivity contribution is -0.0176. The second-order valence-corrected chi connectivity index (χ2v) is 6.32. The number of carbonyl (C=O) groups excluding carboxylic acids is 1. The quantitative estimate of drug-likeness (QED) is 0.916. The molecule has 122 valence electrons. The van der Waals surface area contributed by atoms with E-state index < -0.39 is 0 Å². The zero-order valence-electron chi connectivity index (χ0n) is 13.0. The zero-order valence-corrected chi connectivity index (χ0v) is 13.8. The van der Waals surface area contributed by atoms with Crippen LogP contribution in [0.25, 0.3) is 0 Å². The number of aryl methyl sites for hydroxylation is 1. The van der Waals surface area contributed by atoms with Crippen molar-refractivity contribution in [2.24, 2.45) is 0 Å². The van der Waals surface area contributed by atoms with Gasteiger partial charge in [0.2, 0.25) is 0 Å². The first-order valence-electron chi connectivity index (χ1n) is 7.86. The van der Waals surface area contributed by atoms with E-state index in [9.17, 15) is 4.79 Å². The number of carbonyl (C=O) groups is 1. The Morgan fingerprint density at radius 3 is 3.04 bits per heavy atom. The van der Waals surface area contributed by atoms with Crippen LogP contribution in [0.4, 0.5) is 4.79 Å². The van der Waals surface area contributed by atoms with Gasteiger partial charge < -0.3 is 15.0 Å². The van der Waals surface area contributed by atoms with Crippen molar-refractivity contribution in [1.29, 1.82) is 0 Å². The number of nitrogens with one attached hydrogen (secondary N) is 1. The van der Waals surface area contributed by atoms with E-state index in [1.807, 2.05) is 16.3 Å². The second-order valence-electron chi connectivity index (χ2n) is 5.60. The lowest BCUT2D eigenvalue weighted by Gasteiger charge is -2.33. The molecule has 3 rings (SSSR count). The molecular formula is C17H21N3O2S. The van der Waals surface area contributed by atoms with Crippen molar-refractivity contribution in [3.05, 3.63) is 52.5 Å². The van der Waals surface area contributed by atoms with Crippen LogP contribution in [0.5, 0.6) is 0 Å². The van der Waals surface area contributed by atoms with E-state index in [1.54, 1.807) is 5.51 Å². The largest absolute Gasteiger partial charge is 0.375 e. The molecule has 0 saturated carbocycles. The van der Waals surface area contributed by atoms with Crippen LogP contribution in [0.1, 0.15) is 17.7 Å². The van der Waals surface area contributed by atoms with Crippen LogP contribution in [0.15, 0.2) is 41.2 Å². The predicted octanol–water partition coefficient (Wildman–Crippen LogP) is 2.69. The van der Waals surface area contributed by atoms with Crippen molar-refractivity contribution in [3.63, 3.8) is 0 Å². The number of rotatable bonds is 5. The van der Waals surface area contributed by atoms with Gasteiger partial charge in [-0.15, -0.1) is 11.3 Å². The van der Waals surface area contributed by atoms with Crippen LogP contribution < -0.4 is 5.32 Å². The van der Waals surface area contributed by atoms with Crippen molar-refractivity contribution in [1.82, 2.24) is 15.2 Å². The Balaban J connectivity index is 1.44. The Labute approximate surface area is 140 Å². The number of ether oxygens (including phenoxy) is 1. The third-order valence-electron chi connectivity index (χ3n) is 3.93. The summed E-state index contributed by atoms with van der Waals surface area (Å²) in [5.74, 6) is 0. The first kappa shape index (κ1) is 16.0. The SMILES string of the molecule is O=C(NCc1cscn1)N1CCOC(CCc2ccccc2)C1. The van der Waals surface area contributed by atoms with Gasteiger partial charge in [0.05, 0.1) is 30.5 Å². The maximum Gasteiger partial charge on any atom is 0.317 e. The van der Waals surface area contributed by atoms with E-state index in [-0.39, 0.29) is 12.1 Å². The van der Waals surface area contributed by atoms with Crippen LogP contribution in [0, 0.1) is 0 Å². The molecule has 6 heteroatoms. The molecule has 1 unspecified atom stereocenters. The average Bonchev–Trinajstić information content (AvgIpc) is 3.12. The molecule has 1 aromatic carbocycles. The number of amides is 2.